The molecule has 7 nitrogen and oxygen atoms in total. The number of hydrogen-bond donors (Lipinski definition) is 0. The zero-order valence-electron chi connectivity index (χ0n) is 25.1. The average Bonchev–Trinajstić information content (AvgIpc) is 3.78. The first-order chi connectivity index (χ1) is 23.3. The largest absolute Gasteiger partial charge is 0.278 e. The van der Waals surface area contributed by atoms with Crippen molar-refractivity contribution in [3.63, 3.8) is 0 Å². The molecule has 0 radical (unpaired) electrons. The molecule has 0 spiro atoms. The van der Waals surface area contributed by atoms with E-state index in [2.05, 4.69) is 92.4 Å². The average molecular weight is 604 g/mol. The number of imidazole rings is 2. The van der Waals surface area contributed by atoms with Crippen molar-refractivity contribution >= 4 is 49.7 Å². The third-order valence-electron chi connectivity index (χ3n) is 8.90. The molecule has 4 heterocycles. The molecule has 0 aliphatic rings. The van der Waals surface area contributed by atoms with Gasteiger partial charge in [-0.2, -0.15) is 9.97 Å². The van der Waals surface area contributed by atoms with Crippen LogP contribution in [-0.2, 0) is 0 Å². The van der Waals surface area contributed by atoms with Gasteiger partial charge in [-0.05, 0) is 42.5 Å². The number of aromatic nitrogens is 7. The lowest BCUT2D eigenvalue weighted by Crippen LogP contribution is -2.06. The van der Waals surface area contributed by atoms with E-state index in [4.69, 9.17) is 19.9 Å². The highest BCUT2D eigenvalue weighted by molar-refractivity contribution is 6.13. The lowest BCUT2D eigenvalue weighted by Gasteiger charge is -2.11. The monoisotopic (exact) mass is 603 g/mol. The topological polar surface area (TPSA) is 65.8 Å². The summed E-state index contributed by atoms with van der Waals surface area (Å²) in [5.74, 6) is 2.69. The summed E-state index contributed by atoms with van der Waals surface area (Å²) in [6.07, 6.45) is 0. The van der Waals surface area contributed by atoms with Crippen molar-refractivity contribution in [2.75, 3.05) is 0 Å². The van der Waals surface area contributed by atoms with Crippen molar-refractivity contribution in [1.29, 1.82) is 0 Å². The molecule has 0 bridgehead atoms. The Bertz CT molecular complexity index is 2720. The molecule has 47 heavy (non-hydrogen) atoms. The Morgan fingerprint density at radius 2 is 0.979 bits per heavy atom. The molecule has 0 aliphatic heterocycles. The van der Waals surface area contributed by atoms with E-state index in [0.29, 0.717) is 17.6 Å². The Morgan fingerprint density at radius 1 is 0.383 bits per heavy atom. The molecule has 10 aromatic rings. The van der Waals surface area contributed by atoms with E-state index in [9.17, 15) is 0 Å². The molecule has 4 aromatic heterocycles. The van der Waals surface area contributed by atoms with Gasteiger partial charge < -0.3 is 0 Å². The fourth-order valence-electron chi connectivity index (χ4n) is 6.80. The molecule has 10 rings (SSSR count). The van der Waals surface area contributed by atoms with Crippen LogP contribution in [0.25, 0.3) is 84.1 Å². The van der Waals surface area contributed by atoms with Gasteiger partial charge in [0.2, 0.25) is 11.7 Å². The Kier molecular flexibility index (Phi) is 5.44. The maximum atomic E-state index is 5.12. The SMILES string of the molecule is c1ccc(-c2nc(-c3ccccc3)nc(-n3c4ccccc4c4cc5c(cc43)n3c4ccccc4nc3n5-c3ccccc3)n2)cc1. The maximum Gasteiger partial charge on any atom is 0.238 e. The normalized spacial score (nSPS) is 11.8. The fourth-order valence-corrected chi connectivity index (χ4v) is 6.80. The van der Waals surface area contributed by atoms with Crippen LogP contribution < -0.4 is 0 Å². The summed E-state index contributed by atoms with van der Waals surface area (Å²) in [6.45, 7) is 0. The molecular formula is C40H25N7. The molecule has 0 aliphatic carbocycles. The first kappa shape index (κ1) is 25.7. The fraction of sp³-hybridized carbons (Fsp3) is 0. The summed E-state index contributed by atoms with van der Waals surface area (Å²) in [5, 5.41) is 2.23. The van der Waals surface area contributed by atoms with E-state index in [1.54, 1.807) is 0 Å². The van der Waals surface area contributed by atoms with Crippen molar-refractivity contribution in [1.82, 2.24) is 33.5 Å². The van der Waals surface area contributed by atoms with Crippen LogP contribution in [0.4, 0.5) is 0 Å². The second kappa shape index (κ2) is 9.95. The molecule has 6 aromatic carbocycles. The maximum absolute atomic E-state index is 5.12. The van der Waals surface area contributed by atoms with E-state index in [1.807, 2.05) is 72.8 Å². The van der Waals surface area contributed by atoms with Crippen LogP contribution in [0.15, 0.2) is 152 Å². The van der Waals surface area contributed by atoms with Gasteiger partial charge in [0.05, 0.1) is 33.1 Å². The number of rotatable bonds is 4. The van der Waals surface area contributed by atoms with Crippen molar-refractivity contribution in [3.8, 4) is 34.4 Å². The Balaban J connectivity index is 1.35. The van der Waals surface area contributed by atoms with E-state index in [0.717, 1.165) is 66.5 Å². The highest BCUT2D eigenvalue weighted by atomic mass is 15.2. The lowest BCUT2D eigenvalue weighted by atomic mass is 10.1. The molecule has 0 saturated carbocycles. The van der Waals surface area contributed by atoms with Gasteiger partial charge in [-0.25, -0.2) is 9.97 Å². The van der Waals surface area contributed by atoms with Crippen LogP contribution in [-0.4, -0.2) is 33.5 Å². The summed E-state index contributed by atoms with van der Waals surface area (Å²) >= 11 is 0. The second-order valence-electron chi connectivity index (χ2n) is 11.6. The first-order valence-electron chi connectivity index (χ1n) is 15.6. The summed E-state index contributed by atoms with van der Waals surface area (Å²) < 4.78 is 6.69. The van der Waals surface area contributed by atoms with Gasteiger partial charge >= 0.3 is 0 Å². The van der Waals surface area contributed by atoms with Gasteiger partial charge in [-0.1, -0.05) is 109 Å². The minimum atomic E-state index is 0.567. The highest BCUT2D eigenvalue weighted by Gasteiger charge is 2.22. The number of nitrogens with zero attached hydrogens (tertiary/aromatic N) is 7. The number of benzene rings is 6. The minimum absolute atomic E-state index is 0.567. The summed E-state index contributed by atoms with van der Waals surface area (Å²) in [7, 11) is 0. The number of fused-ring (bicyclic) bond motifs is 8. The lowest BCUT2D eigenvalue weighted by molar-refractivity contribution is 0.953. The van der Waals surface area contributed by atoms with E-state index in [1.165, 1.54) is 0 Å². The second-order valence-corrected chi connectivity index (χ2v) is 11.6. The van der Waals surface area contributed by atoms with Crippen LogP contribution in [0, 0.1) is 0 Å². The van der Waals surface area contributed by atoms with Gasteiger partial charge in [-0.15, -0.1) is 0 Å². The van der Waals surface area contributed by atoms with Crippen LogP contribution in [0.2, 0.25) is 0 Å². The van der Waals surface area contributed by atoms with Crippen LogP contribution in [0.5, 0.6) is 0 Å². The molecule has 0 unspecified atom stereocenters. The number of hydrogen-bond acceptors (Lipinski definition) is 4. The number of para-hydroxylation sites is 4. The summed E-state index contributed by atoms with van der Waals surface area (Å²) in [4.78, 5) is 20.3. The molecule has 7 heteroatoms. The van der Waals surface area contributed by atoms with Crippen molar-refractivity contribution in [2.45, 2.75) is 0 Å². The van der Waals surface area contributed by atoms with Gasteiger partial charge in [0.1, 0.15) is 0 Å². The zero-order chi connectivity index (χ0) is 30.9. The summed E-state index contributed by atoms with van der Waals surface area (Å²) in [6, 6.07) is 52.0. The predicted molar refractivity (Wildman–Crippen MR) is 188 cm³/mol. The molecule has 0 saturated heterocycles. The van der Waals surface area contributed by atoms with Gasteiger partial charge in [0.25, 0.3) is 0 Å². The van der Waals surface area contributed by atoms with E-state index in [-0.39, 0.29) is 0 Å². The third-order valence-corrected chi connectivity index (χ3v) is 8.90. The highest BCUT2D eigenvalue weighted by Crippen LogP contribution is 2.38. The minimum Gasteiger partial charge on any atom is -0.278 e. The molecule has 0 N–H and O–H groups in total. The predicted octanol–water partition coefficient (Wildman–Crippen LogP) is 9.05. The van der Waals surface area contributed by atoms with Crippen LogP contribution >= 0.6 is 0 Å². The Labute approximate surface area is 268 Å². The van der Waals surface area contributed by atoms with Crippen molar-refractivity contribution < 1.29 is 0 Å². The van der Waals surface area contributed by atoms with Crippen molar-refractivity contribution in [2.24, 2.45) is 0 Å². The van der Waals surface area contributed by atoms with Gasteiger partial charge in [0.15, 0.2) is 11.6 Å². The zero-order valence-corrected chi connectivity index (χ0v) is 25.1. The van der Waals surface area contributed by atoms with E-state index >= 15 is 0 Å². The van der Waals surface area contributed by atoms with Gasteiger partial charge in [0, 0.05) is 27.6 Å². The van der Waals surface area contributed by atoms with Crippen LogP contribution in [0.3, 0.4) is 0 Å². The summed E-state index contributed by atoms with van der Waals surface area (Å²) in [5.41, 5.74) is 9.09. The molecule has 0 atom stereocenters. The Morgan fingerprint density at radius 3 is 1.68 bits per heavy atom. The molecule has 220 valence electrons. The standard InChI is InChI=1S/C40H25N7/c1-4-14-26(15-5-1)37-42-38(27-16-6-2-7-17-27)44-39(43-37)46-32-22-12-10-20-29(32)30-24-35-36(25-34(30)46)47-33-23-13-11-21-31(33)41-40(47)45(35)28-18-8-3-9-19-28/h1-25H. The third kappa shape index (κ3) is 3.87. The van der Waals surface area contributed by atoms with Crippen LogP contribution in [0.1, 0.15) is 0 Å². The van der Waals surface area contributed by atoms with E-state index < -0.39 is 0 Å². The Hall–Kier alpha value is -6.60. The first-order valence-corrected chi connectivity index (χ1v) is 15.6. The van der Waals surface area contributed by atoms with Gasteiger partial charge in [-0.3, -0.25) is 13.5 Å². The molecule has 0 amide bonds. The quantitative estimate of drug-likeness (QED) is 0.201. The van der Waals surface area contributed by atoms with Crippen molar-refractivity contribution in [3.05, 3.63) is 152 Å². The molecular weight excluding hydrogens is 578 g/mol. The smallest absolute Gasteiger partial charge is 0.238 e. The molecule has 0 fully saturated rings.